The number of anilines is 1. The Morgan fingerprint density at radius 1 is 1.24 bits per heavy atom. The average molecular weight is 335 g/mol. The molecule has 2 fully saturated rings. The van der Waals surface area contributed by atoms with Gasteiger partial charge in [-0.15, -0.1) is 5.92 Å². The van der Waals surface area contributed by atoms with Gasteiger partial charge in [-0.25, -0.2) is 0 Å². The maximum Gasteiger partial charge on any atom is 0.211 e. The van der Waals surface area contributed by atoms with Crippen LogP contribution < -0.4 is 5.32 Å². The van der Waals surface area contributed by atoms with Crippen LogP contribution in [0.5, 0.6) is 0 Å². The SMILES string of the molecule is CC#Cc1cc2c(cc1NC=O)CCC1C2CC[C@]2(C)C(=O)CCC12. The van der Waals surface area contributed by atoms with Crippen molar-refractivity contribution in [1.82, 2.24) is 0 Å². The molecule has 130 valence electrons. The summed E-state index contributed by atoms with van der Waals surface area (Å²) < 4.78 is 0. The first kappa shape index (κ1) is 16.4. The number of amides is 1. The highest BCUT2D eigenvalue weighted by atomic mass is 16.1. The topological polar surface area (TPSA) is 46.2 Å². The van der Waals surface area contributed by atoms with E-state index in [0.29, 0.717) is 23.5 Å². The van der Waals surface area contributed by atoms with Crippen molar-refractivity contribution in [3.63, 3.8) is 0 Å². The molecule has 0 spiro atoms. The van der Waals surface area contributed by atoms with Crippen molar-refractivity contribution in [1.29, 1.82) is 0 Å². The van der Waals surface area contributed by atoms with Gasteiger partial charge in [0.2, 0.25) is 6.41 Å². The van der Waals surface area contributed by atoms with Gasteiger partial charge in [0.1, 0.15) is 5.78 Å². The quantitative estimate of drug-likeness (QED) is 0.654. The first-order valence-electron chi connectivity index (χ1n) is 9.41. The van der Waals surface area contributed by atoms with Crippen LogP contribution >= 0.6 is 0 Å². The summed E-state index contributed by atoms with van der Waals surface area (Å²) in [5, 5.41) is 2.80. The molecule has 0 radical (unpaired) electrons. The molecule has 0 aliphatic heterocycles. The minimum Gasteiger partial charge on any atom is -0.328 e. The van der Waals surface area contributed by atoms with Gasteiger partial charge in [0.25, 0.3) is 0 Å². The Bertz CT molecular complexity index is 800. The largest absolute Gasteiger partial charge is 0.328 e. The predicted octanol–water partition coefficient (Wildman–Crippen LogP) is 4.05. The molecule has 0 bridgehead atoms. The molecule has 1 aromatic carbocycles. The summed E-state index contributed by atoms with van der Waals surface area (Å²) >= 11 is 0. The van der Waals surface area contributed by atoms with Crippen LogP contribution in [0, 0.1) is 29.1 Å². The van der Waals surface area contributed by atoms with Gasteiger partial charge >= 0.3 is 0 Å². The predicted molar refractivity (Wildman–Crippen MR) is 98.3 cm³/mol. The lowest BCUT2D eigenvalue weighted by Crippen LogP contribution is -2.42. The molecule has 4 rings (SSSR count). The maximum atomic E-state index is 12.4. The van der Waals surface area contributed by atoms with E-state index in [1.54, 1.807) is 0 Å². The minimum absolute atomic E-state index is 0.0796. The smallest absolute Gasteiger partial charge is 0.211 e. The summed E-state index contributed by atoms with van der Waals surface area (Å²) in [5.74, 6) is 8.29. The molecule has 1 aromatic rings. The summed E-state index contributed by atoms with van der Waals surface area (Å²) in [5.41, 5.74) is 4.40. The van der Waals surface area contributed by atoms with Gasteiger partial charge in [0.05, 0.1) is 5.69 Å². The minimum atomic E-state index is -0.0796. The molecule has 3 nitrogen and oxygen atoms in total. The van der Waals surface area contributed by atoms with E-state index >= 15 is 0 Å². The van der Waals surface area contributed by atoms with Gasteiger partial charge in [-0.2, -0.15) is 0 Å². The Labute approximate surface area is 149 Å². The van der Waals surface area contributed by atoms with Crippen molar-refractivity contribution in [2.75, 3.05) is 5.32 Å². The van der Waals surface area contributed by atoms with Crippen molar-refractivity contribution >= 4 is 17.9 Å². The fraction of sp³-hybridized carbons (Fsp3) is 0.545. The molecule has 25 heavy (non-hydrogen) atoms. The number of aryl methyl sites for hydroxylation is 1. The van der Waals surface area contributed by atoms with E-state index in [0.717, 1.165) is 56.2 Å². The molecule has 3 aliphatic rings. The molecule has 1 N–H and O–H groups in total. The van der Waals surface area contributed by atoms with Gasteiger partial charge in [-0.05, 0) is 80.0 Å². The van der Waals surface area contributed by atoms with E-state index in [1.807, 2.05) is 6.92 Å². The molecule has 4 atom stereocenters. The molecule has 2 saturated carbocycles. The second-order valence-corrected chi connectivity index (χ2v) is 8.07. The highest BCUT2D eigenvalue weighted by molar-refractivity contribution is 5.87. The third-order valence-corrected chi connectivity index (χ3v) is 7.05. The average Bonchev–Trinajstić information content (AvgIpc) is 2.91. The molecule has 0 heterocycles. The third kappa shape index (κ3) is 2.42. The molecule has 3 unspecified atom stereocenters. The summed E-state index contributed by atoms with van der Waals surface area (Å²) in [7, 11) is 0. The van der Waals surface area contributed by atoms with Crippen molar-refractivity contribution in [2.24, 2.45) is 17.3 Å². The van der Waals surface area contributed by atoms with Crippen LogP contribution in [0.2, 0.25) is 0 Å². The van der Waals surface area contributed by atoms with E-state index in [9.17, 15) is 9.59 Å². The van der Waals surface area contributed by atoms with E-state index in [1.165, 1.54) is 11.1 Å². The molecule has 1 amide bonds. The van der Waals surface area contributed by atoms with Crippen molar-refractivity contribution in [2.45, 2.75) is 58.3 Å². The van der Waals surface area contributed by atoms with Crippen LogP contribution in [0.3, 0.4) is 0 Å². The molecule has 0 saturated heterocycles. The zero-order valence-electron chi connectivity index (χ0n) is 15.0. The highest BCUT2D eigenvalue weighted by Crippen LogP contribution is 2.59. The van der Waals surface area contributed by atoms with Crippen LogP contribution in [-0.2, 0) is 16.0 Å². The number of Topliss-reactive ketones (excluding diaryl/α,β-unsaturated/α-hetero) is 1. The van der Waals surface area contributed by atoms with Crippen LogP contribution in [0.4, 0.5) is 5.69 Å². The van der Waals surface area contributed by atoms with Crippen molar-refractivity contribution in [3.05, 3.63) is 28.8 Å². The summed E-state index contributed by atoms with van der Waals surface area (Å²) in [6.45, 7) is 4.03. The van der Waals surface area contributed by atoms with Gasteiger partial charge in [-0.3, -0.25) is 9.59 Å². The summed E-state index contributed by atoms with van der Waals surface area (Å²) in [6, 6.07) is 4.32. The lowest BCUT2D eigenvalue weighted by Gasteiger charge is -2.48. The second-order valence-electron chi connectivity index (χ2n) is 8.07. The standard InChI is InChI=1S/C22H25NO2/c1-3-4-15-11-18-14(12-20(15)23-13-24)5-6-17-16(18)9-10-22(2)19(17)7-8-21(22)25/h11-13,16-17,19H,5-10H2,1-2H3,(H,23,24)/t16?,17?,19?,22-/m0/s1. The normalized spacial score (nSPS) is 32.7. The van der Waals surface area contributed by atoms with Gasteiger partial charge in [-0.1, -0.05) is 12.8 Å². The summed E-state index contributed by atoms with van der Waals surface area (Å²) in [6.07, 6.45) is 6.86. The van der Waals surface area contributed by atoms with E-state index in [-0.39, 0.29) is 5.41 Å². The zero-order chi connectivity index (χ0) is 17.6. The van der Waals surface area contributed by atoms with Gasteiger partial charge in [0, 0.05) is 17.4 Å². The van der Waals surface area contributed by atoms with Crippen LogP contribution in [-0.4, -0.2) is 12.2 Å². The maximum absolute atomic E-state index is 12.4. The first-order valence-corrected chi connectivity index (χ1v) is 9.41. The Kier molecular flexibility index (Phi) is 3.95. The Morgan fingerprint density at radius 2 is 2.08 bits per heavy atom. The Balaban J connectivity index is 1.75. The van der Waals surface area contributed by atoms with E-state index in [2.05, 4.69) is 36.2 Å². The summed E-state index contributed by atoms with van der Waals surface area (Å²) in [4.78, 5) is 23.4. The number of hydrogen-bond acceptors (Lipinski definition) is 2. The number of benzene rings is 1. The lowest BCUT2D eigenvalue weighted by molar-refractivity contribution is -0.129. The molecule has 3 heteroatoms. The van der Waals surface area contributed by atoms with E-state index < -0.39 is 0 Å². The zero-order valence-corrected chi connectivity index (χ0v) is 15.0. The Morgan fingerprint density at radius 3 is 2.84 bits per heavy atom. The Hall–Kier alpha value is -2.08. The lowest BCUT2D eigenvalue weighted by atomic mass is 9.55. The molecular formula is C22H25NO2. The monoisotopic (exact) mass is 335 g/mol. The number of carbonyl (C=O) groups is 2. The van der Waals surface area contributed by atoms with Crippen LogP contribution in [0.25, 0.3) is 0 Å². The molecule has 3 aliphatic carbocycles. The number of rotatable bonds is 2. The molecular weight excluding hydrogens is 310 g/mol. The fourth-order valence-corrected chi connectivity index (χ4v) is 5.81. The number of hydrogen-bond donors (Lipinski definition) is 1. The van der Waals surface area contributed by atoms with Gasteiger partial charge < -0.3 is 5.32 Å². The number of fused-ring (bicyclic) bond motifs is 5. The second kappa shape index (κ2) is 6.02. The highest BCUT2D eigenvalue weighted by Gasteiger charge is 2.54. The van der Waals surface area contributed by atoms with Crippen molar-refractivity contribution in [3.8, 4) is 11.8 Å². The first-order chi connectivity index (χ1) is 12.1. The number of carbonyl (C=O) groups excluding carboxylic acids is 2. The van der Waals surface area contributed by atoms with Gasteiger partial charge in [0.15, 0.2) is 0 Å². The van der Waals surface area contributed by atoms with E-state index in [4.69, 9.17) is 0 Å². The third-order valence-electron chi connectivity index (χ3n) is 7.05. The van der Waals surface area contributed by atoms with Crippen molar-refractivity contribution < 1.29 is 9.59 Å². The number of ketones is 1. The number of nitrogens with one attached hydrogen (secondary N) is 1. The van der Waals surface area contributed by atoms with Crippen LogP contribution in [0.15, 0.2) is 12.1 Å². The fourth-order valence-electron chi connectivity index (χ4n) is 5.81. The molecule has 0 aromatic heterocycles. The van der Waals surface area contributed by atoms with Crippen LogP contribution in [0.1, 0.15) is 68.6 Å².